The third kappa shape index (κ3) is 4.43. The minimum Gasteiger partial charge on any atom is -0.304 e. The highest BCUT2D eigenvalue weighted by atomic mass is 31.2. The van der Waals surface area contributed by atoms with Crippen LogP contribution >= 0.6 is 7.60 Å². The highest BCUT2D eigenvalue weighted by molar-refractivity contribution is 7.55. The van der Waals surface area contributed by atoms with Gasteiger partial charge in [-0.25, -0.2) is 0 Å². The first-order valence-corrected chi connectivity index (χ1v) is 10.4. The van der Waals surface area contributed by atoms with Crippen LogP contribution in [0.3, 0.4) is 0 Å². The van der Waals surface area contributed by atoms with Gasteiger partial charge in [-0.3, -0.25) is 19.5 Å². The molecule has 0 saturated heterocycles. The average molecular weight is 393 g/mol. The van der Waals surface area contributed by atoms with Crippen LogP contribution in [0.15, 0.2) is 42.5 Å². The molecule has 0 spiro atoms. The molecule has 0 amide bonds. The number of carbonyl (C=O) groups excluding carboxylic acids is 1. The Balaban J connectivity index is 2.24. The predicted molar refractivity (Wildman–Crippen MR) is 104 cm³/mol. The van der Waals surface area contributed by atoms with E-state index in [2.05, 4.69) is 0 Å². The number of nitro groups is 1. The molecule has 0 radical (unpaired) electrons. The molecular formula is C19H24NO6P. The Kier molecular flexibility index (Phi) is 6.87. The molecule has 2 aromatic rings. The highest BCUT2D eigenvalue weighted by Crippen LogP contribution is 2.61. The molecule has 8 heteroatoms. The summed E-state index contributed by atoms with van der Waals surface area (Å²) in [7, 11) is -4.04. The van der Waals surface area contributed by atoms with Crippen LogP contribution in [-0.4, -0.2) is 29.2 Å². The van der Waals surface area contributed by atoms with Gasteiger partial charge in [0.25, 0.3) is 0 Å². The van der Waals surface area contributed by atoms with Crippen molar-refractivity contribution in [1.29, 1.82) is 0 Å². The van der Waals surface area contributed by atoms with Crippen LogP contribution in [0.2, 0.25) is 0 Å². The standard InChI is InChI=1S/C19H24NO6P/c1-4-25-27(24,26-5-2)19(3,20(22)23)13-12-18(21)17-11-10-15-8-6-7-9-16(15)14-17/h6-11,14H,4-5,12-13H2,1-3H3. The zero-order valence-corrected chi connectivity index (χ0v) is 16.6. The van der Waals surface area contributed by atoms with Gasteiger partial charge < -0.3 is 9.05 Å². The Bertz CT molecular complexity index is 873. The second-order valence-electron chi connectivity index (χ2n) is 6.29. The van der Waals surface area contributed by atoms with Gasteiger partial charge in [0.05, 0.1) is 13.2 Å². The van der Waals surface area contributed by atoms with Gasteiger partial charge >= 0.3 is 12.9 Å². The van der Waals surface area contributed by atoms with Gasteiger partial charge in [0.1, 0.15) is 0 Å². The van der Waals surface area contributed by atoms with Gasteiger partial charge in [-0.2, -0.15) is 0 Å². The van der Waals surface area contributed by atoms with Crippen molar-refractivity contribution >= 4 is 24.2 Å². The van der Waals surface area contributed by atoms with Gasteiger partial charge in [0.15, 0.2) is 5.78 Å². The summed E-state index contributed by atoms with van der Waals surface area (Å²) in [6.07, 6.45) is -0.386. The Labute approximate surface area is 158 Å². The fraction of sp³-hybridized carbons (Fsp3) is 0.421. The van der Waals surface area contributed by atoms with Crippen molar-refractivity contribution in [3.05, 3.63) is 58.1 Å². The van der Waals surface area contributed by atoms with Crippen LogP contribution in [0.5, 0.6) is 0 Å². The van der Waals surface area contributed by atoms with Gasteiger partial charge in [-0.1, -0.05) is 36.4 Å². The summed E-state index contributed by atoms with van der Waals surface area (Å²) in [6.45, 7) is 4.42. The maximum Gasteiger partial charge on any atom is 0.406 e. The van der Waals surface area contributed by atoms with Crippen molar-refractivity contribution in [3.63, 3.8) is 0 Å². The third-order valence-electron chi connectivity index (χ3n) is 4.48. The molecule has 0 heterocycles. The lowest BCUT2D eigenvalue weighted by Gasteiger charge is -2.28. The van der Waals surface area contributed by atoms with Gasteiger partial charge in [-0.05, 0) is 30.7 Å². The van der Waals surface area contributed by atoms with Crippen molar-refractivity contribution < 1.29 is 23.3 Å². The molecule has 0 aliphatic rings. The van der Waals surface area contributed by atoms with Crippen LogP contribution in [-0.2, 0) is 13.6 Å². The summed E-state index contributed by atoms with van der Waals surface area (Å²) >= 11 is 0. The number of nitrogens with zero attached hydrogens (tertiary/aromatic N) is 1. The molecule has 27 heavy (non-hydrogen) atoms. The normalized spacial score (nSPS) is 14.0. The molecule has 146 valence electrons. The van der Waals surface area contributed by atoms with Gasteiger partial charge in [-0.15, -0.1) is 0 Å². The fourth-order valence-corrected chi connectivity index (χ4v) is 4.74. The summed E-state index contributed by atoms with van der Waals surface area (Å²) in [5.41, 5.74) is 0.460. The summed E-state index contributed by atoms with van der Waals surface area (Å²) in [6, 6.07) is 12.9. The van der Waals surface area contributed by atoms with E-state index >= 15 is 0 Å². The van der Waals surface area contributed by atoms with Crippen molar-refractivity contribution in [2.24, 2.45) is 0 Å². The number of ketones is 1. The molecule has 2 aromatic carbocycles. The molecule has 7 nitrogen and oxygen atoms in total. The Hall–Kier alpha value is -2.08. The van der Waals surface area contributed by atoms with Crippen LogP contribution in [0.1, 0.15) is 44.0 Å². The molecule has 0 aliphatic heterocycles. The van der Waals surface area contributed by atoms with Crippen LogP contribution in [0.25, 0.3) is 10.8 Å². The van der Waals surface area contributed by atoms with E-state index in [-0.39, 0.29) is 31.8 Å². The Morgan fingerprint density at radius 1 is 1.11 bits per heavy atom. The number of hydrogen-bond acceptors (Lipinski definition) is 6. The number of rotatable bonds is 10. The van der Waals surface area contributed by atoms with E-state index in [1.807, 2.05) is 30.3 Å². The SMILES string of the molecule is CCOP(=O)(OCC)C(C)(CCC(=O)c1ccc2ccccc2c1)[N+](=O)[O-]. The Morgan fingerprint density at radius 3 is 2.26 bits per heavy atom. The molecule has 0 aliphatic carbocycles. The predicted octanol–water partition coefficient (Wildman–Crippen LogP) is 5.06. The van der Waals surface area contributed by atoms with Crippen molar-refractivity contribution in [3.8, 4) is 0 Å². The maximum absolute atomic E-state index is 13.0. The highest BCUT2D eigenvalue weighted by Gasteiger charge is 2.58. The summed E-state index contributed by atoms with van der Waals surface area (Å²) in [5, 5.41) is 11.6. The Morgan fingerprint density at radius 2 is 1.70 bits per heavy atom. The monoisotopic (exact) mass is 393 g/mol. The topological polar surface area (TPSA) is 95.7 Å². The largest absolute Gasteiger partial charge is 0.406 e. The lowest BCUT2D eigenvalue weighted by atomic mass is 10.0. The minimum absolute atomic E-state index is 0.0132. The molecule has 1 atom stereocenters. The number of carbonyl (C=O) groups is 1. The van der Waals surface area contributed by atoms with E-state index in [9.17, 15) is 19.5 Å². The van der Waals surface area contributed by atoms with E-state index < -0.39 is 17.8 Å². The average Bonchev–Trinajstić information content (AvgIpc) is 2.65. The smallest absolute Gasteiger partial charge is 0.304 e. The molecule has 1 unspecified atom stereocenters. The summed E-state index contributed by atoms with van der Waals surface area (Å²) in [4.78, 5) is 23.6. The van der Waals surface area contributed by atoms with E-state index in [1.54, 1.807) is 26.0 Å². The quantitative estimate of drug-likeness (QED) is 0.242. The molecule has 2 rings (SSSR count). The second kappa shape index (κ2) is 8.74. The first-order chi connectivity index (χ1) is 12.8. The number of benzene rings is 2. The van der Waals surface area contributed by atoms with E-state index in [0.717, 1.165) is 10.8 Å². The zero-order valence-electron chi connectivity index (χ0n) is 15.7. The van der Waals surface area contributed by atoms with Crippen LogP contribution in [0, 0.1) is 10.1 Å². The number of fused-ring (bicyclic) bond motifs is 1. The minimum atomic E-state index is -4.04. The molecule has 0 saturated carbocycles. The van der Waals surface area contributed by atoms with E-state index in [4.69, 9.17) is 9.05 Å². The fourth-order valence-electron chi connectivity index (χ4n) is 2.84. The van der Waals surface area contributed by atoms with Crippen molar-refractivity contribution in [2.75, 3.05) is 13.2 Å². The van der Waals surface area contributed by atoms with E-state index in [0.29, 0.717) is 5.56 Å². The van der Waals surface area contributed by atoms with Crippen LogP contribution in [0.4, 0.5) is 0 Å². The molecule has 0 fully saturated rings. The number of hydrogen-bond donors (Lipinski definition) is 0. The molecular weight excluding hydrogens is 369 g/mol. The van der Waals surface area contributed by atoms with Crippen molar-refractivity contribution in [1.82, 2.24) is 0 Å². The first kappa shape index (κ1) is 21.2. The zero-order chi connectivity index (χ0) is 20.1. The maximum atomic E-state index is 13.0. The lowest BCUT2D eigenvalue weighted by molar-refractivity contribution is -0.541. The summed E-state index contributed by atoms with van der Waals surface area (Å²) < 4.78 is 23.3. The molecule has 0 bridgehead atoms. The molecule has 0 N–H and O–H groups in total. The van der Waals surface area contributed by atoms with Crippen LogP contribution < -0.4 is 0 Å². The van der Waals surface area contributed by atoms with Gasteiger partial charge in [0.2, 0.25) is 0 Å². The summed E-state index contributed by atoms with van der Waals surface area (Å²) in [5.74, 6) is -0.256. The van der Waals surface area contributed by atoms with Gasteiger partial charge in [0, 0.05) is 30.3 Å². The lowest BCUT2D eigenvalue weighted by Crippen LogP contribution is -2.37. The number of Topliss-reactive ketones (excluding diaryl/α,β-unsaturated/α-hetero) is 1. The molecule has 0 aromatic heterocycles. The second-order valence-corrected chi connectivity index (χ2v) is 8.77. The van der Waals surface area contributed by atoms with E-state index in [1.165, 1.54) is 6.92 Å². The third-order valence-corrected chi connectivity index (χ3v) is 7.24. The first-order valence-electron chi connectivity index (χ1n) is 8.83. The van der Waals surface area contributed by atoms with Crippen molar-refractivity contribution in [2.45, 2.75) is 38.9 Å².